The number of aliphatic hydroxyl groups is 1. The molecule has 1 N–H and O–H groups in total. The largest absolute Gasteiger partial charge is 0.391 e. The molecule has 0 aromatic heterocycles. The van der Waals surface area contributed by atoms with E-state index in [-0.39, 0.29) is 6.10 Å². The van der Waals surface area contributed by atoms with Crippen LogP contribution in [0, 0.1) is 5.92 Å². The molecule has 3 atom stereocenters. The smallest absolute Gasteiger partial charge is 0.0698 e. The Labute approximate surface area is 75.6 Å². The van der Waals surface area contributed by atoms with E-state index in [9.17, 15) is 5.11 Å². The molecule has 1 fully saturated rings. The van der Waals surface area contributed by atoms with Crippen LogP contribution >= 0.6 is 0 Å². The Hall–Kier alpha value is -0.0800. The zero-order valence-corrected chi connectivity index (χ0v) is 8.45. The van der Waals surface area contributed by atoms with E-state index in [0.29, 0.717) is 6.04 Å². The first-order chi connectivity index (χ1) is 5.66. The van der Waals surface area contributed by atoms with Gasteiger partial charge in [0.25, 0.3) is 0 Å². The van der Waals surface area contributed by atoms with Crippen molar-refractivity contribution in [2.24, 2.45) is 5.92 Å². The molecule has 1 saturated carbocycles. The van der Waals surface area contributed by atoms with Crippen molar-refractivity contribution in [3.05, 3.63) is 0 Å². The minimum atomic E-state index is -0.0865. The number of likely N-dealkylation sites (N-methyl/N-ethyl adjacent to an activating group) is 1. The quantitative estimate of drug-likeness (QED) is 0.695. The van der Waals surface area contributed by atoms with E-state index in [2.05, 4.69) is 25.9 Å². The van der Waals surface area contributed by atoms with E-state index in [1.807, 2.05) is 0 Å². The Balaban J connectivity index is 2.51. The number of rotatable bonds is 3. The van der Waals surface area contributed by atoms with Crippen molar-refractivity contribution in [3.63, 3.8) is 0 Å². The summed E-state index contributed by atoms with van der Waals surface area (Å²) < 4.78 is 0. The summed E-state index contributed by atoms with van der Waals surface area (Å²) >= 11 is 0. The van der Waals surface area contributed by atoms with Crippen molar-refractivity contribution in [1.82, 2.24) is 4.90 Å². The number of hydrogen-bond acceptors (Lipinski definition) is 2. The van der Waals surface area contributed by atoms with Crippen molar-refractivity contribution in [1.29, 1.82) is 0 Å². The van der Waals surface area contributed by atoms with Gasteiger partial charge in [0, 0.05) is 6.04 Å². The molecule has 1 aliphatic carbocycles. The molecule has 2 nitrogen and oxygen atoms in total. The summed E-state index contributed by atoms with van der Waals surface area (Å²) in [6.45, 7) is 2.22. The topological polar surface area (TPSA) is 23.5 Å². The molecule has 12 heavy (non-hydrogen) atoms. The van der Waals surface area contributed by atoms with E-state index >= 15 is 0 Å². The lowest BCUT2D eigenvalue weighted by molar-refractivity contribution is 0.0798. The molecule has 2 heteroatoms. The van der Waals surface area contributed by atoms with E-state index in [4.69, 9.17) is 0 Å². The monoisotopic (exact) mass is 171 g/mol. The standard InChI is InChI=1S/C10H21NO/c1-4-5-8-6-7-9(12)10(8)11(2)3/h8-10,12H,4-7H2,1-3H3. The normalized spacial score (nSPS) is 36.2. The summed E-state index contributed by atoms with van der Waals surface area (Å²) in [5.74, 6) is 0.722. The van der Waals surface area contributed by atoms with Crippen LogP contribution in [0.2, 0.25) is 0 Å². The molecular formula is C10H21NO. The summed E-state index contributed by atoms with van der Waals surface area (Å²) in [5.41, 5.74) is 0. The first kappa shape index (κ1) is 10.0. The molecule has 0 amide bonds. The third-order valence-electron chi connectivity index (χ3n) is 2.97. The predicted molar refractivity (Wildman–Crippen MR) is 51.1 cm³/mol. The lowest BCUT2D eigenvalue weighted by Gasteiger charge is -2.28. The SMILES string of the molecule is CCCC1CCC(O)C1N(C)C. The fourth-order valence-electron chi connectivity index (χ4n) is 2.49. The molecule has 0 aromatic rings. The average molecular weight is 171 g/mol. The maximum Gasteiger partial charge on any atom is 0.0698 e. The molecular weight excluding hydrogens is 150 g/mol. The van der Waals surface area contributed by atoms with Gasteiger partial charge in [-0.3, -0.25) is 0 Å². The minimum Gasteiger partial charge on any atom is -0.391 e. The Kier molecular flexibility index (Phi) is 3.53. The molecule has 0 saturated heterocycles. The van der Waals surface area contributed by atoms with Gasteiger partial charge in [-0.25, -0.2) is 0 Å². The molecule has 72 valence electrons. The molecule has 0 aromatic carbocycles. The number of aliphatic hydroxyl groups excluding tert-OH is 1. The van der Waals surface area contributed by atoms with Crippen molar-refractivity contribution in [2.75, 3.05) is 14.1 Å². The summed E-state index contributed by atoms with van der Waals surface area (Å²) in [6, 6.07) is 0.407. The maximum absolute atomic E-state index is 9.71. The minimum absolute atomic E-state index is 0.0865. The third-order valence-corrected chi connectivity index (χ3v) is 2.97. The van der Waals surface area contributed by atoms with Gasteiger partial charge in [-0.15, -0.1) is 0 Å². The van der Waals surface area contributed by atoms with Crippen molar-refractivity contribution >= 4 is 0 Å². The summed E-state index contributed by atoms with van der Waals surface area (Å²) in [6.07, 6.45) is 4.61. The molecule has 0 heterocycles. The second-order valence-electron chi connectivity index (χ2n) is 4.15. The summed E-state index contributed by atoms with van der Waals surface area (Å²) in [4.78, 5) is 2.18. The van der Waals surface area contributed by atoms with Gasteiger partial charge >= 0.3 is 0 Å². The lowest BCUT2D eigenvalue weighted by atomic mass is 9.97. The Morgan fingerprint density at radius 3 is 2.50 bits per heavy atom. The van der Waals surface area contributed by atoms with Crippen LogP contribution in [0.25, 0.3) is 0 Å². The Morgan fingerprint density at radius 2 is 2.00 bits per heavy atom. The fourth-order valence-corrected chi connectivity index (χ4v) is 2.49. The first-order valence-corrected chi connectivity index (χ1v) is 5.01. The highest BCUT2D eigenvalue weighted by Gasteiger charge is 2.35. The summed E-state index contributed by atoms with van der Waals surface area (Å²) in [7, 11) is 4.14. The average Bonchev–Trinajstić information content (AvgIpc) is 2.32. The van der Waals surface area contributed by atoms with Gasteiger partial charge in [0.1, 0.15) is 0 Å². The van der Waals surface area contributed by atoms with E-state index < -0.39 is 0 Å². The Bertz CT molecular complexity index is 134. The van der Waals surface area contributed by atoms with Crippen LogP contribution in [-0.2, 0) is 0 Å². The molecule has 0 radical (unpaired) electrons. The lowest BCUT2D eigenvalue weighted by Crippen LogP contribution is -2.39. The maximum atomic E-state index is 9.71. The van der Waals surface area contributed by atoms with Crippen molar-refractivity contribution in [2.45, 2.75) is 44.8 Å². The number of hydrogen-bond donors (Lipinski definition) is 1. The third kappa shape index (κ3) is 1.99. The van der Waals surface area contributed by atoms with Crippen LogP contribution in [0.4, 0.5) is 0 Å². The van der Waals surface area contributed by atoms with Crippen LogP contribution in [0.5, 0.6) is 0 Å². The molecule has 1 rings (SSSR count). The van der Waals surface area contributed by atoms with Gasteiger partial charge in [-0.05, 0) is 39.3 Å². The highest BCUT2D eigenvalue weighted by molar-refractivity contribution is 4.89. The Morgan fingerprint density at radius 1 is 1.33 bits per heavy atom. The van der Waals surface area contributed by atoms with Gasteiger partial charge in [0.05, 0.1) is 6.10 Å². The molecule has 3 unspecified atom stereocenters. The van der Waals surface area contributed by atoms with Crippen LogP contribution in [0.3, 0.4) is 0 Å². The van der Waals surface area contributed by atoms with Crippen LogP contribution < -0.4 is 0 Å². The van der Waals surface area contributed by atoms with Gasteiger partial charge in [-0.2, -0.15) is 0 Å². The van der Waals surface area contributed by atoms with Crippen LogP contribution in [-0.4, -0.2) is 36.2 Å². The van der Waals surface area contributed by atoms with Crippen molar-refractivity contribution < 1.29 is 5.11 Å². The van der Waals surface area contributed by atoms with E-state index in [1.165, 1.54) is 19.3 Å². The highest BCUT2D eigenvalue weighted by Crippen LogP contribution is 2.32. The molecule has 1 aliphatic rings. The molecule has 0 spiro atoms. The molecule has 0 aliphatic heterocycles. The fraction of sp³-hybridized carbons (Fsp3) is 1.00. The second-order valence-corrected chi connectivity index (χ2v) is 4.15. The van der Waals surface area contributed by atoms with Crippen molar-refractivity contribution in [3.8, 4) is 0 Å². The first-order valence-electron chi connectivity index (χ1n) is 5.01. The van der Waals surface area contributed by atoms with Crippen LogP contribution in [0.15, 0.2) is 0 Å². The second kappa shape index (κ2) is 4.24. The van der Waals surface area contributed by atoms with E-state index in [0.717, 1.165) is 12.3 Å². The zero-order chi connectivity index (χ0) is 9.14. The van der Waals surface area contributed by atoms with E-state index in [1.54, 1.807) is 0 Å². The zero-order valence-electron chi connectivity index (χ0n) is 8.45. The van der Waals surface area contributed by atoms with Gasteiger partial charge in [-0.1, -0.05) is 13.3 Å². The van der Waals surface area contributed by atoms with Gasteiger partial charge in [0.15, 0.2) is 0 Å². The van der Waals surface area contributed by atoms with Crippen LogP contribution in [0.1, 0.15) is 32.6 Å². The predicted octanol–water partition coefficient (Wildman–Crippen LogP) is 1.49. The highest BCUT2D eigenvalue weighted by atomic mass is 16.3. The molecule has 0 bridgehead atoms. The van der Waals surface area contributed by atoms with Gasteiger partial charge < -0.3 is 10.0 Å². The summed E-state index contributed by atoms with van der Waals surface area (Å²) in [5, 5.41) is 9.71. The number of nitrogens with zero attached hydrogens (tertiary/aromatic N) is 1. The van der Waals surface area contributed by atoms with Gasteiger partial charge in [0.2, 0.25) is 0 Å².